The number of carbonyl (C=O) groups is 1. The van der Waals surface area contributed by atoms with Crippen LogP contribution in [0.4, 0.5) is 5.69 Å². The van der Waals surface area contributed by atoms with Gasteiger partial charge in [0.25, 0.3) is 5.91 Å². The highest BCUT2D eigenvalue weighted by Crippen LogP contribution is 2.25. The van der Waals surface area contributed by atoms with Gasteiger partial charge in [-0.25, -0.2) is 0 Å². The Bertz CT molecular complexity index is 488. The fourth-order valence-corrected chi connectivity index (χ4v) is 2.63. The smallest absolute Gasteiger partial charge is 0.273 e. The first-order valence-electron chi connectivity index (χ1n) is 6.69. The van der Waals surface area contributed by atoms with Crippen LogP contribution in [0.15, 0.2) is 6.07 Å². The predicted octanol–water partition coefficient (Wildman–Crippen LogP) is 1.02. The normalized spacial score (nSPS) is 17.0. The fourth-order valence-electron chi connectivity index (χ4n) is 2.49. The number of halogens is 1. The number of aromatic nitrogens is 2. The number of amides is 1. The molecule has 20 heavy (non-hydrogen) atoms. The van der Waals surface area contributed by atoms with Crippen molar-refractivity contribution in [2.24, 2.45) is 0 Å². The van der Waals surface area contributed by atoms with Gasteiger partial charge < -0.3 is 15.1 Å². The summed E-state index contributed by atoms with van der Waals surface area (Å²) in [7, 11) is 5.69. The number of nitrogens with zero attached hydrogens (tertiary/aromatic N) is 4. The van der Waals surface area contributed by atoms with Crippen LogP contribution in [0.3, 0.4) is 0 Å². The minimum atomic E-state index is -0.246. The minimum Gasteiger partial charge on any atom is -0.369 e. The molecule has 0 bridgehead atoms. The zero-order valence-electron chi connectivity index (χ0n) is 12.1. The van der Waals surface area contributed by atoms with Crippen LogP contribution in [0.5, 0.6) is 0 Å². The van der Waals surface area contributed by atoms with Gasteiger partial charge in [-0.1, -0.05) is 11.6 Å². The maximum absolute atomic E-state index is 11.9. The van der Waals surface area contributed by atoms with E-state index in [0.717, 1.165) is 31.6 Å². The van der Waals surface area contributed by atoms with Crippen LogP contribution in [0.2, 0.25) is 5.15 Å². The Labute approximate surface area is 124 Å². The lowest BCUT2D eigenvalue weighted by molar-refractivity contribution is 0.0957. The van der Waals surface area contributed by atoms with Gasteiger partial charge in [0.2, 0.25) is 0 Å². The summed E-state index contributed by atoms with van der Waals surface area (Å²) in [6.45, 7) is 2.10. The highest BCUT2D eigenvalue weighted by atomic mass is 35.5. The number of carbonyl (C=O) groups excluding carboxylic acids is 1. The summed E-state index contributed by atoms with van der Waals surface area (Å²) in [5.74, 6) is -0.246. The van der Waals surface area contributed by atoms with E-state index < -0.39 is 0 Å². The molecule has 0 aliphatic carbocycles. The Balaban J connectivity index is 2.26. The van der Waals surface area contributed by atoms with Crippen molar-refractivity contribution in [1.29, 1.82) is 0 Å². The highest BCUT2D eigenvalue weighted by molar-refractivity contribution is 6.29. The molecule has 0 radical (unpaired) electrons. The third-order valence-corrected chi connectivity index (χ3v) is 3.99. The van der Waals surface area contributed by atoms with Crippen molar-refractivity contribution < 1.29 is 4.79 Å². The summed E-state index contributed by atoms with van der Waals surface area (Å²) < 4.78 is 0. The van der Waals surface area contributed by atoms with Gasteiger partial charge in [-0.15, -0.1) is 10.2 Å². The van der Waals surface area contributed by atoms with Crippen molar-refractivity contribution >= 4 is 23.2 Å². The molecule has 6 nitrogen and oxygen atoms in total. The summed E-state index contributed by atoms with van der Waals surface area (Å²) >= 11 is 5.93. The zero-order chi connectivity index (χ0) is 14.7. The van der Waals surface area contributed by atoms with Crippen LogP contribution >= 0.6 is 11.6 Å². The average Bonchev–Trinajstić information content (AvgIpc) is 2.46. The summed E-state index contributed by atoms with van der Waals surface area (Å²) in [6.07, 6.45) is 2.11. The summed E-state index contributed by atoms with van der Waals surface area (Å²) in [5, 5.41) is 10.6. The number of likely N-dealkylation sites (tertiary alicyclic amines) is 1. The molecular weight excluding hydrogens is 278 g/mol. The van der Waals surface area contributed by atoms with E-state index in [9.17, 15) is 4.79 Å². The minimum absolute atomic E-state index is 0.246. The molecule has 2 rings (SSSR count). The molecule has 1 N–H and O–H groups in total. The van der Waals surface area contributed by atoms with E-state index in [2.05, 4.69) is 32.4 Å². The molecule has 1 amide bonds. The Morgan fingerprint density at radius 3 is 2.70 bits per heavy atom. The molecule has 1 aliphatic heterocycles. The van der Waals surface area contributed by atoms with Crippen molar-refractivity contribution in [3.8, 4) is 0 Å². The van der Waals surface area contributed by atoms with E-state index in [0.29, 0.717) is 16.9 Å². The van der Waals surface area contributed by atoms with E-state index in [-0.39, 0.29) is 5.91 Å². The van der Waals surface area contributed by atoms with Gasteiger partial charge in [0, 0.05) is 26.2 Å². The average molecular weight is 298 g/mol. The van der Waals surface area contributed by atoms with Crippen LogP contribution < -0.4 is 10.2 Å². The number of hydrogen-bond donors (Lipinski definition) is 1. The summed E-state index contributed by atoms with van der Waals surface area (Å²) in [6, 6.07) is 2.09. The molecule has 0 atom stereocenters. The molecule has 1 fully saturated rings. The van der Waals surface area contributed by atoms with E-state index in [1.807, 2.05) is 7.05 Å². The second kappa shape index (κ2) is 6.37. The highest BCUT2D eigenvalue weighted by Gasteiger charge is 2.25. The number of nitrogens with one attached hydrogen (secondary N) is 1. The number of piperidine rings is 1. The Hall–Kier alpha value is -1.40. The van der Waals surface area contributed by atoms with Crippen molar-refractivity contribution in [2.45, 2.75) is 18.9 Å². The molecule has 0 aromatic carbocycles. The Kier molecular flexibility index (Phi) is 4.77. The molecule has 0 spiro atoms. The number of rotatable bonds is 3. The first-order valence-corrected chi connectivity index (χ1v) is 7.07. The Morgan fingerprint density at radius 2 is 2.10 bits per heavy atom. The lowest BCUT2D eigenvalue weighted by atomic mass is 10.0. The molecular formula is C13H20ClN5O. The predicted molar refractivity (Wildman–Crippen MR) is 79.4 cm³/mol. The van der Waals surface area contributed by atoms with Crippen molar-refractivity contribution in [3.05, 3.63) is 16.9 Å². The van der Waals surface area contributed by atoms with Gasteiger partial charge in [-0.2, -0.15) is 0 Å². The zero-order valence-corrected chi connectivity index (χ0v) is 12.8. The lowest BCUT2D eigenvalue weighted by Gasteiger charge is -2.36. The molecule has 1 aliphatic rings. The molecule has 2 heterocycles. The van der Waals surface area contributed by atoms with E-state index in [1.54, 1.807) is 13.1 Å². The molecule has 1 aromatic heterocycles. The van der Waals surface area contributed by atoms with Crippen LogP contribution in [0.25, 0.3) is 0 Å². The third kappa shape index (κ3) is 3.19. The number of anilines is 1. The van der Waals surface area contributed by atoms with Gasteiger partial charge in [0.1, 0.15) is 0 Å². The second-order valence-corrected chi connectivity index (χ2v) is 5.51. The quantitative estimate of drug-likeness (QED) is 0.902. The lowest BCUT2D eigenvalue weighted by Crippen LogP contribution is -2.42. The van der Waals surface area contributed by atoms with Crippen molar-refractivity contribution in [3.63, 3.8) is 0 Å². The standard InChI is InChI=1S/C13H20ClN5O/c1-15-13(20)12-10(8-11(14)16-17-12)19(3)9-4-6-18(2)7-5-9/h8-9H,4-7H2,1-3H3,(H,15,20). The molecule has 1 aromatic rings. The monoisotopic (exact) mass is 297 g/mol. The van der Waals surface area contributed by atoms with Crippen LogP contribution in [0.1, 0.15) is 23.3 Å². The molecule has 110 valence electrons. The third-order valence-electron chi connectivity index (χ3n) is 3.80. The van der Waals surface area contributed by atoms with E-state index in [1.165, 1.54) is 0 Å². The Morgan fingerprint density at radius 1 is 1.45 bits per heavy atom. The maximum Gasteiger partial charge on any atom is 0.273 e. The largest absolute Gasteiger partial charge is 0.369 e. The van der Waals surface area contributed by atoms with Crippen LogP contribution in [0, 0.1) is 0 Å². The fraction of sp³-hybridized carbons (Fsp3) is 0.615. The second-order valence-electron chi connectivity index (χ2n) is 5.13. The first-order chi connectivity index (χ1) is 9.52. The van der Waals surface area contributed by atoms with Crippen LogP contribution in [-0.2, 0) is 0 Å². The van der Waals surface area contributed by atoms with E-state index >= 15 is 0 Å². The SMILES string of the molecule is CNC(=O)c1nnc(Cl)cc1N(C)C1CCN(C)CC1. The first kappa shape index (κ1) is 15.0. The maximum atomic E-state index is 11.9. The summed E-state index contributed by atoms with van der Waals surface area (Å²) in [4.78, 5) is 16.3. The molecule has 0 saturated carbocycles. The van der Waals surface area contributed by atoms with Gasteiger partial charge in [0.05, 0.1) is 5.69 Å². The molecule has 7 heteroatoms. The van der Waals surface area contributed by atoms with E-state index in [4.69, 9.17) is 11.6 Å². The number of hydrogen-bond acceptors (Lipinski definition) is 5. The topological polar surface area (TPSA) is 61.4 Å². The van der Waals surface area contributed by atoms with Crippen molar-refractivity contribution in [1.82, 2.24) is 20.4 Å². The molecule has 0 unspecified atom stereocenters. The molecule has 1 saturated heterocycles. The van der Waals surface area contributed by atoms with Gasteiger partial charge in [-0.3, -0.25) is 4.79 Å². The van der Waals surface area contributed by atoms with Crippen LogP contribution in [-0.4, -0.2) is 61.3 Å². The van der Waals surface area contributed by atoms with Crippen molar-refractivity contribution in [2.75, 3.05) is 39.1 Å². The summed E-state index contributed by atoms with van der Waals surface area (Å²) in [5.41, 5.74) is 1.05. The van der Waals surface area contributed by atoms with Gasteiger partial charge >= 0.3 is 0 Å². The van der Waals surface area contributed by atoms with Gasteiger partial charge in [-0.05, 0) is 33.0 Å². The van der Waals surface area contributed by atoms with Gasteiger partial charge in [0.15, 0.2) is 10.8 Å².